The molecule has 0 spiro atoms. The maximum absolute atomic E-state index is 12.1. The Morgan fingerprint density at radius 1 is 1.55 bits per heavy atom. The summed E-state index contributed by atoms with van der Waals surface area (Å²) < 4.78 is 31.8. The predicted octanol–water partition coefficient (Wildman–Crippen LogP) is 1.54. The number of thiophene rings is 1. The van der Waals surface area contributed by atoms with E-state index in [0.29, 0.717) is 13.2 Å². The van der Waals surface area contributed by atoms with Crippen LogP contribution in [0.5, 0.6) is 0 Å². The number of carboxylic acids is 1. The molecule has 1 heterocycles. The van der Waals surface area contributed by atoms with Crippen LogP contribution in [0.15, 0.2) is 16.3 Å². The molecule has 0 amide bonds. The van der Waals surface area contributed by atoms with E-state index in [-0.39, 0.29) is 15.2 Å². The second-order valence-corrected chi connectivity index (χ2v) is 7.70. The van der Waals surface area contributed by atoms with Gasteiger partial charge < -0.3 is 9.84 Å². The first kappa shape index (κ1) is 15.4. The monoisotopic (exact) mass is 319 g/mol. The number of methoxy groups -OCH3 is 1. The molecule has 1 saturated carbocycles. The van der Waals surface area contributed by atoms with Gasteiger partial charge in [0, 0.05) is 25.6 Å². The Morgan fingerprint density at radius 2 is 2.25 bits per heavy atom. The third-order valence-electron chi connectivity index (χ3n) is 3.53. The van der Waals surface area contributed by atoms with E-state index in [1.165, 1.54) is 11.4 Å². The van der Waals surface area contributed by atoms with Crippen LogP contribution in [-0.2, 0) is 14.8 Å². The molecule has 8 heteroatoms. The average Bonchev–Trinajstić information content (AvgIpc) is 2.97. The third-order valence-corrected chi connectivity index (χ3v) is 5.98. The molecular weight excluding hydrogens is 302 g/mol. The number of nitrogens with one attached hydrogen (secondary N) is 1. The summed E-state index contributed by atoms with van der Waals surface area (Å²) in [7, 11) is -2.01. The van der Waals surface area contributed by atoms with Crippen LogP contribution in [0, 0.1) is 5.41 Å². The van der Waals surface area contributed by atoms with E-state index in [1.807, 2.05) is 0 Å². The average molecular weight is 319 g/mol. The van der Waals surface area contributed by atoms with Crippen LogP contribution in [0.25, 0.3) is 0 Å². The fraction of sp³-hybridized carbons (Fsp3) is 0.583. The van der Waals surface area contributed by atoms with Crippen molar-refractivity contribution in [2.24, 2.45) is 5.41 Å². The Morgan fingerprint density at radius 3 is 2.75 bits per heavy atom. The highest BCUT2D eigenvalue weighted by Gasteiger charge is 2.42. The molecule has 0 unspecified atom stereocenters. The molecule has 6 nitrogen and oxygen atoms in total. The smallest absolute Gasteiger partial charge is 0.345 e. The van der Waals surface area contributed by atoms with Gasteiger partial charge in [0.25, 0.3) is 0 Å². The molecule has 1 aromatic rings. The van der Waals surface area contributed by atoms with Crippen LogP contribution in [0.3, 0.4) is 0 Å². The Hall–Kier alpha value is -0.960. The molecule has 0 atom stereocenters. The standard InChI is InChI=1S/C12H17NO5S2/c1-18-5-4-12(2-3-12)8-13-20(16,17)9-6-10(11(14)15)19-7-9/h6-7,13H,2-5,8H2,1H3,(H,14,15). The van der Waals surface area contributed by atoms with E-state index in [4.69, 9.17) is 9.84 Å². The fourth-order valence-electron chi connectivity index (χ4n) is 1.91. The van der Waals surface area contributed by atoms with Crippen molar-refractivity contribution in [1.82, 2.24) is 4.72 Å². The zero-order chi connectivity index (χ0) is 14.8. The normalized spacial score (nSPS) is 17.1. The van der Waals surface area contributed by atoms with E-state index in [0.717, 1.165) is 30.6 Å². The second-order valence-electron chi connectivity index (χ2n) is 5.02. The van der Waals surface area contributed by atoms with Crippen LogP contribution in [-0.4, -0.2) is 39.8 Å². The number of hydrogen-bond donors (Lipinski definition) is 2. The zero-order valence-electron chi connectivity index (χ0n) is 11.1. The van der Waals surface area contributed by atoms with Crippen molar-refractivity contribution in [3.8, 4) is 0 Å². The van der Waals surface area contributed by atoms with E-state index >= 15 is 0 Å². The van der Waals surface area contributed by atoms with Crippen molar-refractivity contribution >= 4 is 27.3 Å². The minimum Gasteiger partial charge on any atom is -0.477 e. The molecule has 112 valence electrons. The lowest BCUT2D eigenvalue weighted by atomic mass is 10.0. The van der Waals surface area contributed by atoms with Crippen molar-refractivity contribution in [2.75, 3.05) is 20.3 Å². The van der Waals surface area contributed by atoms with Gasteiger partial charge in [0.1, 0.15) is 4.88 Å². The van der Waals surface area contributed by atoms with Crippen LogP contribution in [0.4, 0.5) is 0 Å². The maximum Gasteiger partial charge on any atom is 0.345 e. The van der Waals surface area contributed by atoms with Gasteiger partial charge in [-0.05, 0) is 30.7 Å². The summed E-state index contributed by atoms with van der Waals surface area (Å²) in [6.45, 7) is 0.986. The summed E-state index contributed by atoms with van der Waals surface area (Å²) in [5.41, 5.74) is 0.00866. The van der Waals surface area contributed by atoms with Gasteiger partial charge in [-0.25, -0.2) is 17.9 Å². The topological polar surface area (TPSA) is 92.7 Å². The molecule has 0 bridgehead atoms. The van der Waals surface area contributed by atoms with Crippen molar-refractivity contribution in [1.29, 1.82) is 0 Å². The zero-order valence-corrected chi connectivity index (χ0v) is 12.7. The quantitative estimate of drug-likeness (QED) is 0.758. The number of ether oxygens (including phenoxy) is 1. The molecule has 0 radical (unpaired) electrons. The van der Waals surface area contributed by atoms with Crippen molar-refractivity contribution in [3.05, 3.63) is 16.3 Å². The van der Waals surface area contributed by atoms with Crippen molar-refractivity contribution < 1.29 is 23.1 Å². The highest BCUT2D eigenvalue weighted by atomic mass is 32.2. The highest BCUT2D eigenvalue weighted by Crippen LogP contribution is 2.48. The molecule has 1 aliphatic carbocycles. The molecule has 0 aliphatic heterocycles. The van der Waals surface area contributed by atoms with Crippen LogP contribution < -0.4 is 4.72 Å². The lowest BCUT2D eigenvalue weighted by Gasteiger charge is -2.15. The number of rotatable bonds is 8. The lowest BCUT2D eigenvalue weighted by Crippen LogP contribution is -2.30. The number of hydrogen-bond acceptors (Lipinski definition) is 5. The molecule has 1 aromatic heterocycles. The summed E-state index contributed by atoms with van der Waals surface area (Å²) >= 11 is 0.909. The fourth-order valence-corrected chi connectivity index (χ4v) is 4.18. The number of carbonyl (C=O) groups is 1. The minimum absolute atomic E-state index is 0.00866. The molecule has 2 rings (SSSR count). The summed E-state index contributed by atoms with van der Waals surface area (Å²) in [4.78, 5) is 10.8. The molecule has 20 heavy (non-hydrogen) atoms. The van der Waals surface area contributed by atoms with Gasteiger partial charge in [0.15, 0.2) is 0 Å². The van der Waals surface area contributed by atoms with Gasteiger partial charge in [0.05, 0.1) is 4.90 Å². The van der Waals surface area contributed by atoms with Gasteiger partial charge in [-0.1, -0.05) is 0 Å². The largest absolute Gasteiger partial charge is 0.477 e. The molecule has 1 aliphatic rings. The van der Waals surface area contributed by atoms with Gasteiger partial charge in [-0.3, -0.25) is 0 Å². The molecule has 0 aromatic carbocycles. The van der Waals surface area contributed by atoms with Crippen molar-refractivity contribution in [3.63, 3.8) is 0 Å². The molecule has 1 fully saturated rings. The summed E-state index contributed by atoms with van der Waals surface area (Å²) in [5.74, 6) is -1.12. The predicted molar refractivity (Wildman–Crippen MR) is 74.6 cm³/mol. The first-order valence-corrected chi connectivity index (χ1v) is 8.55. The van der Waals surface area contributed by atoms with Crippen LogP contribution in [0.1, 0.15) is 28.9 Å². The van der Waals surface area contributed by atoms with E-state index in [2.05, 4.69) is 4.72 Å². The van der Waals surface area contributed by atoms with Gasteiger partial charge in [-0.2, -0.15) is 0 Å². The lowest BCUT2D eigenvalue weighted by molar-refractivity contribution is 0.0702. The van der Waals surface area contributed by atoms with E-state index in [1.54, 1.807) is 7.11 Å². The maximum atomic E-state index is 12.1. The minimum atomic E-state index is -3.63. The molecule has 2 N–H and O–H groups in total. The Bertz CT molecular complexity index is 589. The van der Waals surface area contributed by atoms with E-state index < -0.39 is 16.0 Å². The first-order valence-electron chi connectivity index (χ1n) is 6.19. The van der Waals surface area contributed by atoms with Gasteiger partial charge in [-0.15, -0.1) is 11.3 Å². The number of aromatic carboxylic acids is 1. The Balaban J connectivity index is 1.98. The van der Waals surface area contributed by atoms with E-state index in [9.17, 15) is 13.2 Å². The van der Waals surface area contributed by atoms with Gasteiger partial charge in [0.2, 0.25) is 10.0 Å². The Labute approximate surface area is 121 Å². The summed E-state index contributed by atoms with van der Waals surface area (Å²) in [6, 6.07) is 1.18. The molecular formula is C12H17NO5S2. The SMILES string of the molecule is COCCC1(CNS(=O)(=O)c2csc(C(=O)O)c2)CC1. The number of sulfonamides is 1. The second kappa shape index (κ2) is 5.80. The highest BCUT2D eigenvalue weighted by molar-refractivity contribution is 7.89. The summed E-state index contributed by atoms with van der Waals surface area (Å²) in [6.07, 6.45) is 2.81. The van der Waals surface area contributed by atoms with Crippen LogP contribution >= 0.6 is 11.3 Å². The van der Waals surface area contributed by atoms with Crippen molar-refractivity contribution in [2.45, 2.75) is 24.2 Å². The third kappa shape index (κ3) is 3.57. The first-order chi connectivity index (χ1) is 9.38. The molecule has 0 saturated heterocycles. The van der Waals surface area contributed by atoms with Gasteiger partial charge >= 0.3 is 5.97 Å². The summed E-state index contributed by atoms with van der Waals surface area (Å²) in [5, 5.41) is 10.2. The van der Waals surface area contributed by atoms with Crippen LogP contribution in [0.2, 0.25) is 0 Å². The number of carboxylic acid groups (broad SMARTS) is 1. The Kier molecular flexibility index (Phi) is 4.48.